The number of aromatic nitrogens is 1. The van der Waals surface area contributed by atoms with Crippen LogP contribution in [-0.2, 0) is 4.74 Å². The largest absolute Gasteiger partial charge is 0.388 e. The molecule has 1 saturated heterocycles. The van der Waals surface area contributed by atoms with E-state index < -0.39 is 5.60 Å². The van der Waals surface area contributed by atoms with Crippen LogP contribution in [0.4, 0.5) is 5.82 Å². The molecular weight excluding hydrogens is 396 g/mol. The summed E-state index contributed by atoms with van der Waals surface area (Å²) in [5, 5.41) is 21.3. The summed E-state index contributed by atoms with van der Waals surface area (Å²) in [5.74, 6) is 0.317. The molecule has 2 aromatic rings. The Balaban J connectivity index is 1.79. The van der Waals surface area contributed by atoms with Crippen molar-refractivity contribution < 1.29 is 19.2 Å². The third-order valence-electron chi connectivity index (χ3n) is 5.12. The fourth-order valence-corrected chi connectivity index (χ4v) is 3.36. The van der Waals surface area contributed by atoms with Gasteiger partial charge < -0.3 is 29.9 Å². The molecule has 29 heavy (non-hydrogen) atoms. The van der Waals surface area contributed by atoms with Crippen LogP contribution in [0.3, 0.4) is 0 Å². The van der Waals surface area contributed by atoms with E-state index in [9.17, 15) is 9.90 Å². The minimum Gasteiger partial charge on any atom is -0.388 e. The number of methoxy groups -OCH3 is 1. The normalized spacial score (nSPS) is 16.6. The number of hydrogen-bond acceptors (Lipinski definition) is 7. The molecule has 0 bridgehead atoms. The van der Waals surface area contributed by atoms with Crippen molar-refractivity contribution in [2.24, 2.45) is 0 Å². The number of nitrogens with zero attached hydrogens (tertiary/aromatic N) is 2. The molecule has 1 aromatic carbocycles. The SMILES string of the molecule is COCCNc1noc(-c2ccc(Cl)cc2)c1C(=O)NCC1(O)CCN(C)CC1. The van der Waals surface area contributed by atoms with E-state index in [1.54, 1.807) is 31.4 Å². The molecular formula is C20H27ClN4O4. The summed E-state index contributed by atoms with van der Waals surface area (Å²) >= 11 is 5.97. The number of halogens is 1. The van der Waals surface area contributed by atoms with E-state index in [-0.39, 0.29) is 12.5 Å². The van der Waals surface area contributed by atoms with Gasteiger partial charge in [-0.3, -0.25) is 4.79 Å². The number of hydrogen-bond donors (Lipinski definition) is 3. The van der Waals surface area contributed by atoms with Crippen molar-refractivity contribution in [2.45, 2.75) is 18.4 Å². The summed E-state index contributed by atoms with van der Waals surface area (Å²) in [6, 6.07) is 6.98. The molecule has 9 heteroatoms. The second-order valence-corrected chi connectivity index (χ2v) is 7.81. The molecule has 3 N–H and O–H groups in total. The zero-order chi connectivity index (χ0) is 20.9. The van der Waals surface area contributed by atoms with Crippen LogP contribution < -0.4 is 10.6 Å². The number of rotatable bonds is 8. The number of aliphatic hydroxyl groups is 1. The second kappa shape index (κ2) is 9.58. The highest BCUT2D eigenvalue weighted by molar-refractivity contribution is 6.30. The number of nitrogens with one attached hydrogen (secondary N) is 2. The first-order valence-electron chi connectivity index (χ1n) is 9.59. The third-order valence-corrected chi connectivity index (χ3v) is 5.37. The molecule has 0 spiro atoms. The number of piperidine rings is 1. The third kappa shape index (κ3) is 5.48. The first kappa shape index (κ1) is 21.6. The number of amides is 1. The van der Waals surface area contributed by atoms with Crippen LogP contribution in [0.1, 0.15) is 23.2 Å². The van der Waals surface area contributed by atoms with E-state index in [0.29, 0.717) is 53.7 Å². The fraction of sp³-hybridized carbons (Fsp3) is 0.500. The van der Waals surface area contributed by atoms with Crippen LogP contribution >= 0.6 is 11.6 Å². The molecule has 1 aromatic heterocycles. The van der Waals surface area contributed by atoms with Gasteiger partial charge in [-0.15, -0.1) is 0 Å². The van der Waals surface area contributed by atoms with Gasteiger partial charge in [-0.05, 0) is 44.2 Å². The van der Waals surface area contributed by atoms with E-state index in [1.807, 2.05) is 7.05 Å². The van der Waals surface area contributed by atoms with Crippen molar-refractivity contribution in [3.63, 3.8) is 0 Å². The maximum atomic E-state index is 13.0. The molecule has 0 unspecified atom stereocenters. The van der Waals surface area contributed by atoms with Crippen molar-refractivity contribution in [3.05, 3.63) is 34.9 Å². The molecule has 1 amide bonds. The van der Waals surface area contributed by atoms with Crippen molar-refractivity contribution in [3.8, 4) is 11.3 Å². The summed E-state index contributed by atoms with van der Waals surface area (Å²) in [7, 11) is 3.62. The Labute approximate surface area is 175 Å². The Morgan fingerprint density at radius 3 is 2.69 bits per heavy atom. The van der Waals surface area contributed by atoms with Gasteiger partial charge in [0.25, 0.3) is 5.91 Å². The van der Waals surface area contributed by atoms with Gasteiger partial charge >= 0.3 is 0 Å². The van der Waals surface area contributed by atoms with Gasteiger partial charge in [-0.1, -0.05) is 16.8 Å². The lowest BCUT2D eigenvalue weighted by Crippen LogP contribution is -2.50. The number of ether oxygens (including phenoxy) is 1. The Morgan fingerprint density at radius 1 is 1.34 bits per heavy atom. The van der Waals surface area contributed by atoms with Gasteiger partial charge in [0, 0.05) is 43.9 Å². The zero-order valence-corrected chi connectivity index (χ0v) is 17.5. The van der Waals surface area contributed by atoms with E-state index in [1.165, 1.54) is 0 Å². The minimum atomic E-state index is -0.913. The average Bonchev–Trinajstić information content (AvgIpc) is 3.13. The molecule has 0 saturated carbocycles. The number of carbonyl (C=O) groups is 1. The lowest BCUT2D eigenvalue weighted by atomic mass is 9.91. The van der Waals surface area contributed by atoms with Crippen LogP contribution in [0, 0.1) is 0 Å². The Kier molecular flexibility index (Phi) is 7.13. The monoisotopic (exact) mass is 422 g/mol. The summed E-state index contributed by atoms with van der Waals surface area (Å²) in [6.45, 7) is 2.68. The molecule has 0 radical (unpaired) electrons. The second-order valence-electron chi connectivity index (χ2n) is 7.37. The maximum Gasteiger partial charge on any atom is 0.259 e. The summed E-state index contributed by atoms with van der Waals surface area (Å²) in [5.41, 5.74) is 0.0634. The molecule has 0 aliphatic carbocycles. The standard InChI is InChI=1S/C20H27ClN4O4/c1-25-10-7-20(27,8-11-25)13-23-19(26)16-17(14-3-5-15(21)6-4-14)29-24-18(16)22-9-12-28-2/h3-6,27H,7-13H2,1-2H3,(H,22,24)(H,23,26). The van der Waals surface area contributed by atoms with Crippen molar-refractivity contribution in [2.75, 3.05) is 52.3 Å². The molecule has 2 heterocycles. The molecule has 3 rings (SSSR count). The fourth-order valence-electron chi connectivity index (χ4n) is 3.24. The van der Waals surface area contributed by atoms with Crippen LogP contribution in [0.2, 0.25) is 5.02 Å². The summed E-state index contributed by atoms with van der Waals surface area (Å²) in [6.07, 6.45) is 1.22. The predicted octanol–water partition coefficient (Wildman–Crippen LogP) is 2.24. The van der Waals surface area contributed by atoms with Gasteiger partial charge in [0.05, 0.1) is 12.2 Å². The van der Waals surface area contributed by atoms with Crippen LogP contribution in [0.15, 0.2) is 28.8 Å². The van der Waals surface area contributed by atoms with Gasteiger partial charge in [-0.2, -0.15) is 0 Å². The zero-order valence-electron chi connectivity index (χ0n) is 16.7. The molecule has 1 aliphatic rings. The van der Waals surface area contributed by atoms with Gasteiger partial charge in [0.15, 0.2) is 11.6 Å². The molecule has 1 aliphatic heterocycles. The lowest BCUT2D eigenvalue weighted by Gasteiger charge is -2.36. The maximum absolute atomic E-state index is 13.0. The van der Waals surface area contributed by atoms with E-state index in [0.717, 1.165) is 13.1 Å². The topological polar surface area (TPSA) is 99.9 Å². The average molecular weight is 423 g/mol. The molecule has 1 fully saturated rings. The first-order chi connectivity index (χ1) is 13.9. The van der Waals surface area contributed by atoms with E-state index in [4.69, 9.17) is 20.9 Å². The Morgan fingerprint density at radius 2 is 2.03 bits per heavy atom. The summed E-state index contributed by atoms with van der Waals surface area (Å²) < 4.78 is 10.5. The van der Waals surface area contributed by atoms with Crippen molar-refractivity contribution in [1.82, 2.24) is 15.4 Å². The highest BCUT2D eigenvalue weighted by Crippen LogP contribution is 2.30. The van der Waals surface area contributed by atoms with Gasteiger partial charge in [-0.25, -0.2) is 0 Å². The number of anilines is 1. The highest BCUT2D eigenvalue weighted by atomic mass is 35.5. The Hall–Kier alpha value is -2.13. The summed E-state index contributed by atoms with van der Waals surface area (Å²) in [4.78, 5) is 15.2. The number of benzene rings is 1. The van der Waals surface area contributed by atoms with Crippen LogP contribution in [0.5, 0.6) is 0 Å². The first-order valence-corrected chi connectivity index (χ1v) is 9.97. The number of likely N-dealkylation sites (tertiary alicyclic amines) is 1. The quantitative estimate of drug-likeness (QED) is 0.561. The lowest BCUT2D eigenvalue weighted by molar-refractivity contribution is -0.0135. The van der Waals surface area contributed by atoms with Crippen molar-refractivity contribution >= 4 is 23.3 Å². The van der Waals surface area contributed by atoms with Crippen molar-refractivity contribution in [1.29, 1.82) is 0 Å². The van der Waals surface area contributed by atoms with Crippen LogP contribution in [0.25, 0.3) is 11.3 Å². The van der Waals surface area contributed by atoms with Gasteiger partial charge in [0.2, 0.25) is 0 Å². The van der Waals surface area contributed by atoms with E-state index >= 15 is 0 Å². The predicted molar refractivity (Wildman–Crippen MR) is 111 cm³/mol. The Bertz CT molecular complexity index is 816. The smallest absolute Gasteiger partial charge is 0.259 e. The van der Waals surface area contributed by atoms with Gasteiger partial charge in [0.1, 0.15) is 5.56 Å². The molecule has 158 valence electrons. The molecule has 0 atom stereocenters. The van der Waals surface area contributed by atoms with E-state index in [2.05, 4.69) is 20.7 Å². The highest BCUT2D eigenvalue weighted by Gasteiger charge is 2.33. The number of carbonyl (C=O) groups excluding carboxylic acids is 1. The minimum absolute atomic E-state index is 0.169. The van der Waals surface area contributed by atoms with Crippen LogP contribution in [-0.4, -0.2) is 73.6 Å². The molecule has 8 nitrogen and oxygen atoms in total.